The molecule has 5 nitrogen and oxygen atoms in total. The second-order valence-electron chi connectivity index (χ2n) is 4.73. The molecule has 1 aliphatic rings. The van der Waals surface area contributed by atoms with Crippen LogP contribution in [0.15, 0.2) is 10.7 Å². The van der Waals surface area contributed by atoms with Crippen LogP contribution in [0.2, 0.25) is 0 Å². The van der Waals surface area contributed by atoms with Crippen molar-refractivity contribution in [2.24, 2.45) is 5.73 Å². The molecule has 0 aromatic carbocycles. The lowest BCUT2D eigenvalue weighted by atomic mass is 10.1. The van der Waals surface area contributed by atoms with Crippen molar-refractivity contribution < 1.29 is 9.21 Å². The minimum Gasteiger partial charge on any atom is -0.448 e. The summed E-state index contributed by atoms with van der Waals surface area (Å²) in [5, 5.41) is 0. The summed E-state index contributed by atoms with van der Waals surface area (Å²) in [5.41, 5.74) is 5.85. The van der Waals surface area contributed by atoms with Gasteiger partial charge in [0.1, 0.15) is 6.26 Å². The second kappa shape index (κ2) is 6.54. The van der Waals surface area contributed by atoms with Gasteiger partial charge in [-0.2, -0.15) is 0 Å². The number of carbonyl (C=O) groups excluding carboxylic acids is 1. The maximum Gasteiger partial charge on any atom is 0.275 e. The molecule has 100 valence electrons. The monoisotopic (exact) mass is 251 g/mol. The fraction of sp³-hybridized carbons (Fsp3) is 0.692. The predicted molar refractivity (Wildman–Crippen MR) is 68.2 cm³/mol. The Hall–Kier alpha value is -1.36. The second-order valence-corrected chi connectivity index (χ2v) is 4.73. The van der Waals surface area contributed by atoms with Crippen LogP contribution in [0.4, 0.5) is 0 Å². The number of hydrogen-bond donors (Lipinski definition) is 1. The highest BCUT2D eigenvalue weighted by Gasteiger charge is 2.19. The van der Waals surface area contributed by atoms with Gasteiger partial charge in [0.25, 0.3) is 5.91 Å². The lowest BCUT2D eigenvalue weighted by molar-refractivity contribution is 0.0736. The van der Waals surface area contributed by atoms with E-state index in [1.54, 1.807) is 0 Å². The van der Waals surface area contributed by atoms with Crippen molar-refractivity contribution in [3.8, 4) is 0 Å². The number of nitrogens with two attached hydrogens (primary N) is 1. The molecule has 1 aromatic heterocycles. The van der Waals surface area contributed by atoms with Crippen molar-refractivity contribution >= 4 is 5.91 Å². The van der Waals surface area contributed by atoms with Gasteiger partial charge in [0.05, 0.1) is 0 Å². The number of aromatic nitrogens is 1. The number of likely N-dealkylation sites (tertiary alicyclic amines) is 1. The number of hydrogen-bond acceptors (Lipinski definition) is 4. The minimum absolute atomic E-state index is 0.0103. The van der Waals surface area contributed by atoms with E-state index in [-0.39, 0.29) is 5.91 Å². The molecule has 0 atom stereocenters. The molecule has 18 heavy (non-hydrogen) atoms. The van der Waals surface area contributed by atoms with Crippen molar-refractivity contribution in [3.63, 3.8) is 0 Å². The molecular formula is C13H21N3O2. The van der Waals surface area contributed by atoms with Gasteiger partial charge >= 0.3 is 0 Å². The summed E-state index contributed by atoms with van der Waals surface area (Å²) in [7, 11) is 0. The summed E-state index contributed by atoms with van der Waals surface area (Å²) < 4.78 is 5.23. The first-order valence-electron chi connectivity index (χ1n) is 6.75. The summed E-state index contributed by atoms with van der Waals surface area (Å²) in [6.07, 6.45) is 7.90. The molecule has 2 heterocycles. The van der Waals surface area contributed by atoms with Crippen molar-refractivity contribution in [2.45, 2.75) is 38.5 Å². The van der Waals surface area contributed by atoms with Crippen molar-refractivity contribution in [1.82, 2.24) is 9.88 Å². The molecule has 1 aliphatic heterocycles. The lowest BCUT2D eigenvalue weighted by Gasteiger charge is -2.23. The molecule has 1 fully saturated rings. The van der Waals surface area contributed by atoms with Crippen LogP contribution in [0, 0.1) is 0 Å². The van der Waals surface area contributed by atoms with E-state index in [0.717, 1.165) is 25.9 Å². The average Bonchev–Trinajstić information content (AvgIpc) is 2.77. The summed E-state index contributed by atoms with van der Waals surface area (Å²) in [6, 6.07) is 0. The predicted octanol–water partition coefficient (Wildman–Crippen LogP) is 1.58. The van der Waals surface area contributed by atoms with Crippen LogP contribution in [-0.4, -0.2) is 35.4 Å². The van der Waals surface area contributed by atoms with Crippen molar-refractivity contribution in [1.29, 1.82) is 0 Å². The fourth-order valence-corrected chi connectivity index (χ4v) is 2.26. The summed E-state index contributed by atoms with van der Waals surface area (Å²) in [5.74, 6) is 0.539. The topological polar surface area (TPSA) is 72.4 Å². The average molecular weight is 251 g/mol. The van der Waals surface area contributed by atoms with E-state index in [1.807, 2.05) is 4.90 Å². The largest absolute Gasteiger partial charge is 0.448 e. The summed E-state index contributed by atoms with van der Waals surface area (Å²) in [4.78, 5) is 18.3. The van der Waals surface area contributed by atoms with E-state index in [2.05, 4.69) is 4.98 Å². The van der Waals surface area contributed by atoms with Gasteiger partial charge in [-0.3, -0.25) is 4.79 Å². The highest BCUT2D eigenvalue weighted by molar-refractivity contribution is 5.92. The molecule has 0 bridgehead atoms. The maximum atomic E-state index is 12.3. The molecule has 0 unspecified atom stereocenters. The molecule has 0 saturated carbocycles. The van der Waals surface area contributed by atoms with Crippen LogP contribution in [0.3, 0.4) is 0 Å². The Balaban J connectivity index is 1.99. The zero-order chi connectivity index (χ0) is 12.8. The van der Waals surface area contributed by atoms with E-state index >= 15 is 0 Å². The molecular weight excluding hydrogens is 230 g/mol. The lowest BCUT2D eigenvalue weighted by Crippen LogP contribution is -2.34. The molecule has 5 heteroatoms. The number of oxazole rings is 1. The highest BCUT2D eigenvalue weighted by atomic mass is 16.3. The Kier molecular flexibility index (Phi) is 4.75. The van der Waals surface area contributed by atoms with Crippen LogP contribution in [0.1, 0.15) is 48.5 Å². The molecule has 0 spiro atoms. The Morgan fingerprint density at radius 2 is 1.94 bits per heavy atom. The van der Waals surface area contributed by atoms with Gasteiger partial charge in [-0.25, -0.2) is 4.98 Å². The fourth-order valence-electron chi connectivity index (χ4n) is 2.26. The SMILES string of the molecule is NCCc1nc(C(=O)N2CCCCCCC2)co1. The Morgan fingerprint density at radius 1 is 1.28 bits per heavy atom. The van der Waals surface area contributed by atoms with Crippen LogP contribution in [0.5, 0.6) is 0 Å². The molecule has 1 saturated heterocycles. The zero-order valence-electron chi connectivity index (χ0n) is 10.7. The van der Waals surface area contributed by atoms with Crippen LogP contribution in [-0.2, 0) is 6.42 Å². The smallest absolute Gasteiger partial charge is 0.275 e. The normalized spacial score (nSPS) is 17.3. The van der Waals surface area contributed by atoms with E-state index in [9.17, 15) is 4.79 Å². The molecule has 0 aliphatic carbocycles. The first-order chi connectivity index (χ1) is 8.81. The van der Waals surface area contributed by atoms with Crippen LogP contribution >= 0.6 is 0 Å². The third kappa shape index (κ3) is 3.32. The Morgan fingerprint density at radius 3 is 2.61 bits per heavy atom. The van der Waals surface area contributed by atoms with Crippen molar-refractivity contribution in [2.75, 3.05) is 19.6 Å². The third-order valence-corrected chi connectivity index (χ3v) is 3.27. The molecule has 1 amide bonds. The van der Waals surface area contributed by atoms with Gasteiger partial charge in [0.2, 0.25) is 0 Å². The molecule has 2 N–H and O–H groups in total. The number of nitrogens with zero attached hydrogens (tertiary/aromatic N) is 2. The van der Waals surface area contributed by atoms with Gasteiger partial charge in [-0.05, 0) is 12.8 Å². The van der Waals surface area contributed by atoms with E-state index in [0.29, 0.717) is 24.6 Å². The molecule has 2 rings (SSSR count). The van der Waals surface area contributed by atoms with Gasteiger partial charge in [-0.1, -0.05) is 19.3 Å². The zero-order valence-corrected chi connectivity index (χ0v) is 10.7. The minimum atomic E-state index is -0.0103. The standard InChI is InChI=1S/C13H21N3O2/c14-7-6-12-15-11(10-18-12)13(17)16-8-4-2-1-3-5-9-16/h10H,1-9,14H2. The van der Waals surface area contributed by atoms with E-state index in [4.69, 9.17) is 10.2 Å². The van der Waals surface area contributed by atoms with Crippen LogP contribution < -0.4 is 5.73 Å². The first-order valence-corrected chi connectivity index (χ1v) is 6.75. The third-order valence-electron chi connectivity index (χ3n) is 3.27. The quantitative estimate of drug-likeness (QED) is 0.885. The van der Waals surface area contributed by atoms with Crippen LogP contribution in [0.25, 0.3) is 0 Å². The molecule has 1 aromatic rings. The van der Waals surface area contributed by atoms with Gasteiger partial charge < -0.3 is 15.1 Å². The Bertz CT molecular complexity index is 381. The van der Waals surface area contributed by atoms with Crippen molar-refractivity contribution in [3.05, 3.63) is 17.8 Å². The summed E-state index contributed by atoms with van der Waals surface area (Å²) in [6.45, 7) is 2.15. The number of amides is 1. The van der Waals surface area contributed by atoms with E-state index in [1.165, 1.54) is 25.5 Å². The number of rotatable bonds is 3. The highest BCUT2D eigenvalue weighted by Crippen LogP contribution is 2.13. The summed E-state index contributed by atoms with van der Waals surface area (Å²) >= 11 is 0. The molecule has 0 radical (unpaired) electrons. The first kappa shape index (κ1) is 13.1. The number of carbonyl (C=O) groups is 1. The van der Waals surface area contributed by atoms with Gasteiger partial charge in [0.15, 0.2) is 11.6 Å². The van der Waals surface area contributed by atoms with Gasteiger partial charge in [0, 0.05) is 26.1 Å². The van der Waals surface area contributed by atoms with Gasteiger partial charge in [-0.15, -0.1) is 0 Å². The van der Waals surface area contributed by atoms with E-state index < -0.39 is 0 Å². The maximum absolute atomic E-state index is 12.3. The Labute approximate surface area is 107 Å².